The molecular formula is C33H29Br2FN2O5S. The average molecular weight is 744 g/mol. The SMILES string of the molecule is CCOC(=O)C1=C(C)N=c2s/c(=C/c3cc(Br)c(OCc4cccc(F)c4)c(Br)c3)c(=O)n2[C@H]1c1ccccc1OC(C)C. The van der Waals surface area contributed by atoms with Crippen molar-refractivity contribution in [3.05, 3.63) is 123 Å². The van der Waals surface area contributed by atoms with Crippen LogP contribution in [0.2, 0.25) is 0 Å². The Kier molecular flexibility index (Phi) is 9.87. The van der Waals surface area contributed by atoms with Gasteiger partial charge in [-0.15, -0.1) is 0 Å². The molecule has 1 aliphatic rings. The van der Waals surface area contributed by atoms with Crippen LogP contribution in [-0.4, -0.2) is 23.2 Å². The van der Waals surface area contributed by atoms with Crippen molar-refractivity contribution in [2.24, 2.45) is 4.99 Å². The summed E-state index contributed by atoms with van der Waals surface area (Å²) in [6.45, 7) is 7.69. The van der Waals surface area contributed by atoms with Gasteiger partial charge in [0.1, 0.15) is 30.0 Å². The molecule has 0 fully saturated rings. The van der Waals surface area contributed by atoms with Crippen LogP contribution in [0.3, 0.4) is 0 Å². The molecule has 5 rings (SSSR count). The number of benzene rings is 3. The minimum atomic E-state index is -0.792. The molecule has 0 radical (unpaired) electrons. The van der Waals surface area contributed by atoms with Crippen molar-refractivity contribution in [1.82, 2.24) is 4.57 Å². The quantitative estimate of drug-likeness (QED) is 0.176. The first-order chi connectivity index (χ1) is 21.1. The summed E-state index contributed by atoms with van der Waals surface area (Å²) >= 11 is 8.37. The number of hydrogen-bond acceptors (Lipinski definition) is 7. The van der Waals surface area contributed by atoms with Gasteiger partial charge in [-0.1, -0.05) is 41.7 Å². The summed E-state index contributed by atoms with van der Waals surface area (Å²) in [6, 6.07) is 16.5. The van der Waals surface area contributed by atoms with Crippen molar-refractivity contribution in [2.45, 2.75) is 46.4 Å². The Hall–Kier alpha value is -3.54. The Bertz CT molecular complexity index is 1930. The molecule has 0 aliphatic carbocycles. The van der Waals surface area contributed by atoms with E-state index in [0.29, 0.717) is 46.6 Å². The Morgan fingerprint density at radius 3 is 2.52 bits per heavy atom. The number of thiazole rings is 1. The van der Waals surface area contributed by atoms with Gasteiger partial charge in [-0.25, -0.2) is 14.2 Å². The summed E-state index contributed by atoms with van der Waals surface area (Å²) in [6.07, 6.45) is 1.65. The van der Waals surface area contributed by atoms with Crippen molar-refractivity contribution < 1.29 is 23.4 Å². The van der Waals surface area contributed by atoms with E-state index in [1.807, 2.05) is 50.2 Å². The molecule has 0 unspecified atom stereocenters. The first-order valence-corrected chi connectivity index (χ1v) is 16.3. The highest BCUT2D eigenvalue weighted by Gasteiger charge is 2.35. The summed E-state index contributed by atoms with van der Waals surface area (Å²) in [5.41, 5.74) is 2.55. The normalized spacial score (nSPS) is 14.8. The van der Waals surface area contributed by atoms with Crippen LogP contribution in [0.1, 0.15) is 50.4 Å². The summed E-state index contributed by atoms with van der Waals surface area (Å²) in [5.74, 6) is 0.252. The summed E-state index contributed by atoms with van der Waals surface area (Å²) in [4.78, 5) is 32.5. The number of rotatable bonds is 9. The van der Waals surface area contributed by atoms with Crippen molar-refractivity contribution in [1.29, 1.82) is 0 Å². The van der Waals surface area contributed by atoms with Gasteiger partial charge < -0.3 is 14.2 Å². The lowest BCUT2D eigenvalue weighted by Gasteiger charge is -2.26. The Morgan fingerprint density at radius 2 is 1.84 bits per heavy atom. The maximum absolute atomic E-state index is 14.1. The van der Waals surface area contributed by atoms with Gasteiger partial charge in [0.05, 0.1) is 37.5 Å². The van der Waals surface area contributed by atoms with E-state index in [-0.39, 0.29) is 36.3 Å². The van der Waals surface area contributed by atoms with Crippen molar-refractivity contribution in [2.75, 3.05) is 6.61 Å². The molecule has 0 saturated heterocycles. The smallest absolute Gasteiger partial charge is 0.338 e. The number of hydrogen-bond donors (Lipinski definition) is 0. The third-order valence-electron chi connectivity index (χ3n) is 6.68. The maximum atomic E-state index is 14.1. The number of halogens is 3. The monoisotopic (exact) mass is 742 g/mol. The minimum absolute atomic E-state index is 0.124. The molecule has 0 saturated carbocycles. The zero-order valence-corrected chi connectivity index (χ0v) is 28.4. The van der Waals surface area contributed by atoms with Crippen LogP contribution in [0.25, 0.3) is 6.08 Å². The Morgan fingerprint density at radius 1 is 1.11 bits per heavy atom. The van der Waals surface area contributed by atoms with E-state index in [2.05, 4.69) is 36.9 Å². The highest BCUT2D eigenvalue weighted by Crippen LogP contribution is 2.37. The van der Waals surface area contributed by atoms with E-state index in [1.54, 1.807) is 36.6 Å². The number of para-hydroxylation sites is 1. The topological polar surface area (TPSA) is 79.1 Å². The fourth-order valence-corrected chi connectivity index (χ4v) is 7.39. The predicted molar refractivity (Wildman–Crippen MR) is 175 cm³/mol. The standard InChI is InChI=1S/C33H29Br2FN2O5S/c1-5-41-32(40)28-19(4)37-33-38(29(28)23-11-6-7-12-26(23)43-18(2)3)31(39)27(44-33)16-21-14-24(34)30(25(35)15-21)42-17-20-9-8-10-22(36)13-20/h6-16,18,29H,5,17H2,1-4H3/b27-16+/t29-/m0/s1. The van der Waals surface area contributed by atoms with Gasteiger partial charge in [0.15, 0.2) is 4.80 Å². The van der Waals surface area contributed by atoms with Gasteiger partial charge in [-0.05, 0) is 107 Å². The summed E-state index contributed by atoms with van der Waals surface area (Å²) in [5, 5.41) is 0. The number of ether oxygens (including phenoxy) is 3. The molecule has 7 nitrogen and oxygen atoms in total. The van der Waals surface area contributed by atoms with Gasteiger partial charge in [-0.2, -0.15) is 0 Å². The lowest BCUT2D eigenvalue weighted by Crippen LogP contribution is -2.40. The van der Waals surface area contributed by atoms with Crippen LogP contribution in [-0.2, 0) is 16.1 Å². The second-order valence-corrected chi connectivity index (χ2v) is 13.0. The van der Waals surface area contributed by atoms with Crippen LogP contribution in [0.15, 0.2) is 90.7 Å². The van der Waals surface area contributed by atoms with E-state index in [1.165, 1.54) is 23.5 Å². The van der Waals surface area contributed by atoms with Crippen LogP contribution >= 0.6 is 43.2 Å². The summed E-state index contributed by atoms with van der Waals surface area (Å²) in [7, 11) is 0. The van der Waals surface area contributed by atoms with E-state index < -0.39 is 12.0 Å². The number of nitrogens with zero attached hydrogens (tertiary/aromatic N) is 2. The van der Waals surface area contributed by atoms with Gasteiger partial charge >= 0.3 is 5.97 Å². The van der Waals surface area contributed by atoms with Gasteiger partial charge in [0.2, 0.25) is 0 Å². The van der Waals surface area contributed by atoms with E-state index in [4.69, 9.17) is 14.2 Å². The third-order valence-corrected chi connectivity index (χ3v) is 8.84. The Labute approximate surface area is 274 Å². The molecule has 0 bridgehead atoms. The zero-order chi connectivity index (χ0) is 31.5. The zero-order valence-electron chi connectivity index (χ0n) is 24.4. The molecule has 11 heteroatoms. The lowest BCUT2D eigenvalue weighted by molar-refractivity contribution is -0.139. The molecule has 1 atom stereocenters. The molecule has 0 N–H and O–H groups in total. The molecule has 0 spiro atoms. The molecular weight excluding hydrogens is 715 g/mol. The van der Waals surface area contributed by atoms with Crippen molar-refractivity contribution in [3.63, 3.8) is 0 Å². The van der Waals surface area contributed by atoms with Crippen LogP contribution in [0, 0.1) is 5.82 Å². The molecule has 1 aromatic heterocycles. The fourth-order valence-electron chi connectivity index (χ4n) is 4.89. The molecule has 44 heavy (non-hydrogen) atoms. The molecule has 3 aromatic carbocycles. The molecule has 4 aromatic rings. The highest BCUT2D eigenvalue weighted by molar-refractivity contribution is 9.11. The van der Waals surface area contributed by atoms with Gasteiger partial charge in [0.25, 0.3) is 5.56 Å². The fraction of sp³-hybridized carbons (Fsp3) is 0.242. The van der Waals surface area contributed by atoms with Crippen LogP contribution < -0.4 is 24.4 Å². The number of esters is 1. The van der Waals surface area contributed by atoms with Gasteiger partial charge in [-0.3, -0.25) is 9.36 Å². The van der Waals surface area contributed by atoms with Gasteiger partial charge in [0, 0.05) is 5.56 Å². The summed E-state index contributed by atoms with van der Waals surface area (Å²) < 4.78 is 34.3. The number of allylic oxidation sites excluding steroid dienone is 1. The number of aromatic nitrogens is 1. The number of fused-ring (bicyclic) bond motifs is 1. The van der Waals surface area contributed by atoms with E-state index in [0.717, 1.165) is 5.56 Å². The third kappa shape index (κ3) is 6.74. The maximum Gasteiger partial charge on any atom is 0.338 e. The molecule has 2 heterocycles. The molecule has 228 valence electrons. The van der Waals surface area contributed by atoms with E-state index >= 15 is 0 Å². The van der Waals surface area contributed by atoms with Crippen LogP contribution in [0.5, 0.6) is 11.5 Å². The second kappa shape index (κ2) is 13.6. The lowest BCUT2D eigenvalue weighted by atomic mass is 9.95. The van der Waals surface area contributed by atoms with Crippen LogP contribution in [0.4, 0.5) is 4.39 Å². The average Bonchev–Trinajstić information content (AvgIpc) is 3.26. The first-order valence-electron chi connectivity index (χ1n) is 13.9. The molecule has 1 aliphatic heterocycles. The largest absolute Gasteiger partial charge is 0.491 e. The minimum Gasteiger partial charge on any atom is -0.491 e. The van der Waals surface area contributed by atoms with Crippen molar-refractivity contribution in [3.8, 4) is 11.5 Å². The number of carbonyl (C=O) groups is 1. The first kappa shape index (κ1) is 31.9. The Balaban J connectivity index is 1.59. The second-order valence-electron chi connectivity index (χ2n) is 10.2. The molecule has 0 amide bonds. The predicted octanol–water partition coefficient (Wildman–Crippen LogP) is 6.83. The van der Waals surface area contributed by atoms with Crippen molar-refractivity contribution >= 4 is 55.2 Å². The number of carbonyl (C=O) groups excluding carboxylic acids is 1. The highest BCUT2D eigenvalue weighted by atomic mass is 79.9. The van der Waals surface area contributed by atoms with E-state index in [9.17, 15) is 14.0 Å².